The van der Waals surface area contributed by atoms with Crippen LogP contribution in [0.4, 0.5) is 4.39 Å². The van der Waals surface area contributed by atoms with Crippen LogP contribution in [0.1, 0.15) is 30.5 Å². The van der Waals surface area contributed by atoms with Crippen molar-refractivity contribution in [1.82, 2.24) is 5.32 Å². The highest BCUT2D eigenvalue weighted by Crippen LogP contribution is 2.24. The molecule has 0 aliphatic carbocycles. The molecule has 0 aliphatic heterocycles. The third kappa shape index (κ3) is 5.04. The van der Waals surface area contributed by atoms with Gasteiger partial charge >= 0.3 is 0 Å². The van der Waals surface area contributed by atoms with Crippen molar-refractivity contribution in [3.05, 3.63) is 67.5 Å². The lowest BCUT2D eigenvalue weighted by molar-refractivity contribution is 0.523. The van der Waals surface area contributed by atoms with Gasteiger partial charge in [0.15, 0.2) is 0 Å². The minimum absolute atomic E-state index is 0.132. The summed E-state index contributed by atoms with van der Waals surface area (Å²) >= 11 is 5.51. The number of halogens is 3. The van der Waals surface area contributed by atoms with Crippen molar-refractivity contribution in [2.75, 3.05) is 6.54 Å². The molecule has 0 aliphatic rings. The first-order valence-electron chi connectivity index (χ1n) is 7.03. The second-order valence-electron chi connectivity index (χ2n) is 5.01. The van der Waals surface area contributed by atoms with Crippen molar-refractivity contribution < 1.29 is 4.39 Å². The normalized spacial score (nSPS) is 12.4. The average molecular weight is 462 g/mol. The van der Waals surface area contributed by atoms with Crippen LogP contribution in [0.2, 0.25) is 0 Å². The summed E-state index contributed by atoms with van der Waals surface area (Å²) in [4.78, 5) is 0. The van der Waals surface area contributed by atoms with Gasteiger partial charge in [-0.2, -0.15) is 0 Å². The zero-order valence-electron chi connectivity index (χ0n) is 11.9. The second kappa shape index (κ2) is 8.25. The first-order chi connectivity index (χ1) is 10.1. The maximum atomic E-state index is 13.8. The van der Waals surface area contributed by atoms with Crippen LogP contribution in [-0.2, 0) is 6.42 Å². The van der Waals surface area contributed by atoms with Crippen molar-refractivity contribution in [3.8, 4) is 0 Å². The molecule has 1 unspecified atom stereocenters. The van der Waals surface area contributed by atoms with Gasteiger partial charge in [0.05, 0.1) is 4.47 Å². The summed E-state index contributed by atoms with van der Waals surface area (Å²) in [6, 6.07) is 14.0. The fourth-order valence-corrected chi connectivity index (χ4v) is 2.82. The highest BCUT2D eigenvalue weighted by molar-refractivity contribution is 14.1. The van der Waals surface area contributed by atoms with E-state index in [4.69, 9.17) is 0 Å². The van der Waals surface area contributed by atoms with E-state index in [0.717, 1.165) is 24.9 Å². The van der Waals surface area contributed by atoms with Crippen LogP contribution in [0.5, 0.6) is 0 Å². The molecule has 21 heavy (non-hydrogen) atoms. The molecule has 2 aromatic carbocycles. The van der Waals surface area contributed by atoms with Crippen molar-refractivity contribution in [2.24, 2.45) is 0 Å². The summed E-state index contributed by atoms with van der Waals surface area (Å²) in [6.07, 6.45) is 1.92. The number of rotatable bonds is 6. The van der Waals surface area contributed by atoms with E-state index in [-0.39, 0.29) is 11.9 Å². The smallest absolute Gasteiger partial charge is 0.137 e. The Labute approximate surface area is 147 Å². The Bertz CT molecular complexity index is 586. The largest absolute Gasteiger partial charge is 0.310 e. The fourth-order valence-electron chi connectivity index (χ4n) is 2.21. The van der Waals surface area contributed by atoms with Crippen molar-refractivity contribution >= 4 is 38.5 Å². The summed E-state index contributed by atoms with van der Waals surface area (Å²) in [6.45, 7) is 3.06. The average Bonchev–Trinajstić information content (AvgIpc) is 2.48. The van der Waals surface area contributed by atoms with Gasteiger partial charge in [-0.3, -0.25) is 0 Å². The van der Waals surface area contributed by atoms with Crippen LogP contribution in [0.3, 0.4) is 0 Å². The maximum Gasteiger partial charge on any atom is 0.137 e. The minimum Gasteiger partial charge on any atom is -0.310 e. The number of hydrogen-bond donors (Lipinski definition) is 1. The molecule has 0 heterocycles. The van der Waals surface area contributed by atoms with E-state index < -0.39 is 0 Å². The SMILES string of the molecule is CCCNC(Cc1ccc(I)cc1)c1ccc(Br)c(F)c1. The monoisotopic (exact) mass is 461 g/mol. The Morgan fingerprint density at radius 1 is 1.19 bits per heavy atom. The molecule has 1 atom stereocenters. The van der Waals surface area contributed by atoms with E-state index in [1.807, 2.05) is 6.07 Å². The summed E-state index contributed by atoms with van der Waals surface area (Å²) < 4.78 is 15.5. The summed E-state index contributed by atoms with van der Waals surface area (Å²) in [5, 5.41) is 3.51. The van der Waals surface area contributed by atoms with E-state index in [9.17, 15) is 4.39 Å². The molecule has 0 amide bonds. The molecule has 2 rings (SSSR count). The Kier molecular flexibility index (Phi) is 6.64. The highest BCUT2D eigenvalue weighted by Gasteiger charge is 2.13. The van der Waals surface area contributed by atoms with Gasteiger partial charge in [0.25, 0.3) is 0 Å². The summed E-state index contributed by atoms with van der Waals surface area (Å²) in [5.74, 6) is -0.210. The Morgan fingerprint density at radius 3 is 2.52 bits per heavy atom. The van der Waals surface area contributed by atoms with Crippen LogP contribution in [0.25, 0.3) is 0 Å². The summed E-state index contributed by atoms with van der Waals surface area (Å²) in [7, 11) is 0. The minimum atomic E-state index is -0.210. The lowest BCUT2D eigenvalue weighted by Crippen LogP contribution is -2.24. The van der Waals surface area contributed by atoms with Gasteiger partial charge in [-0.05, 0) is 93.3 Å². The lowest BCUT2D eigenvalue weighted by Gasteiger charge is -2.19. The Morgan fingerprint density at radius 2 is 1.90 bits per heavy atom. The predicted octanol–water partition coefficient (Wildman–Crippen LogP) is 5.48. The predicted molar refractivity (Wildman–Crippen MR) is 98.0 cm³/mol. The number of hydrogen-bond acceptors (Lipinski definition) is 1. The lowest BCUT2D eigenvalue weighted by atomic mass is 9.98. The fraction of sp³-hybridized carbons (Fsp3) is 0.294. The third-order valence-electron chi connectivity index (χ3n) is 3.34. The van der Waals surface area contributed by atoms with Gasteiger partial charge in [0.2, 0.25) is 0 Å². The van der Waals surface area contributed by atoms with Crippen LogP contribution >= 0.6 is 38.5 Å². The van der Waals surface area contributed by atoms with E-state index in [0.29, 0.717) is 4.47 Å². The molecule has 4 heteroatoms. The van der Waals surface area contributed by atoms with Gasteiger partial charge < -0.3 is 5.32 Å². The van der Waals surface area contributed by atoms with Crippen LogP contribution in [0.15, 0.2) is 46.9 Å². The molecular formula is C17H18BrFIN. The molecule has 2 aromatic rings. The molecule has 1 N–H and O–H groups in total. The van der Waals surface area contributed by atoms with E-state index >= 15 is 0 Å². The molecule has 0 saturated carbocycles. The first kappa shape index (κ1) is 16.9. The molecular weight excluding hydrogens is 444 g/mol. The van der Waals surface area contributed by atoms with Crippen molar-refractivity contribution in [3.63, 3.8) is 0 Å². The van der Waals surface area contributed by atoms with E-state index in [1.165, 1.54) is 9.13 Å². The maximum absolute atomic E-state index is 13.8. The molecule has 0 fully saturated rings. The Hall–Kier alpha value is -0.460. The first-order valence-corrected chi connectivity index (χ1v) is 8.90. The molecule has 0 spiro atoms. The zero-order chi connectivity index (χ0) is 15.2. The topological polar surface area (TPSA) is 12.0 Å². The van der Waals surface area contributed by atoms with Gasteiger partial charge in [-0.1, -0.05) is 25.1 Å². The second-order valence-corrected chi connectivity index (χ2v) is 7.11. The summed E-state index contributed by atoms with van der Waals surface area (Å²) in [5.41, 5.74) is 2.25. The molecule has 0 aromatic heterocycles. The van der Waals surface area contributed by atoms with Gasteiger partial charge in [0.1, 0.15) is 5.82 Å². The van der Waals surface area contributed by atoms with Crippen molar-refractivity contribution in [1.29, 1.82) is 0 Å². The zero-order valence-corrected chi connectivity index (χ0v) is 15.6. The van der Waals surface area contributed by atoms with Gasteiger partial charge in [-0.15, -0.1) is 0 Å². The van der Waals surface area contributed by atoms with Gasteiger partial charge in [-0.25, -0.2) is 4.39 Å². The third-order valence-corrected chi connectivity index (χ3v) is 4.70. The number of benzene rings is 2. The molecule has 0 saturated heterocycles. The number of nitrogens with one attached hydrogen (secondary N) is 1. The molecule has 0 radical (unpaired) electrons. The quantitative estimate of drug-likeness (QED) is 0.562. The Balaban J connectivity index is 2.20. The molecule has 0 bridgehead atoms. The van der Waals surface area contributed by atoms with Crippen LogP contribution in [-0.4, -0.2) is 6.54 Å². The molecule has 1 nitrogen and oxygen atoms in total. The standard InChI is InChI=1S/C17H18BrFIN/c1-2-9-21-17(10-12-3-6-14(20)7-4-12)13-5-8-15(18)16(19)11-13/h3-8,11,17,21H,2,9-10H2,1H3. The van der Waals surface area contributed by atoms with E-state index in [2.05, 4.69) is 75.0 Å². The molecule has 112 valence electrons. The van der Waals surface area contributed by atoms with Crippen LogP contribution < -0.4 is 5.32 Å². The van der Waals surface area contributed by atoms with E-state index in [1.54, 1.807) is 12.1 Å². The highest BCUT2D eigenvalue weighted by atomic mass is 127. The van der Waals surface area contributed by atoms with Gasteiger partial charge in [0, 0.05) is 9.61 Å². The van der Waals surface area contributed by atoms with Crippen molar-refractivity contribution in [2.45, 2.75) is 25.8 Å². The van der Waals surface area contributed by atoms with Crippen LogP contribution in [0, 0.1) is 9.39 Å².